The molecule has 26 heavy (non-hydrogen) atoms. The Balaban J connectivity index is 1.75. The molecule has 1 aliphatic heterocycles. The summed E-state index contributed by atoms with van der Waals surface area (Å²) in [4.78, 5) is 27.0. The number of methoxy groups -OCH3 is 1. The van der Waals surface area contributed by atoms with Crippen molar-refractivity contribution >= 4 is 22.8 Å². The number of likely N-dealkylation sites (tertiary alicyclic amines) is 1. The Morgan fingerprint density at radius 1 is 1.15 bits per heavy atom. The topological polar surface area (TPSA) is 69.0 Å². The standard InChI is InChI=1S/C20H25NO5/c1-14(19(22)21-11-7-3-4-8-12-21)25-20(23)18-16(13-24-2)15-9-5-6-10-17(15)26-18/h5-6,9-10,14H,3-4,7-8,11-13H2,1-2H3/t14-/m1/s1. The van der Waals surface area contributed by atoms with Gasteiger partial charge < -0.3 is 18.8 Å². The van der Waals surface area contributed by atoms with Gasteiger partial charge in [0.15, 0.2) is 6.10 Å². The minimum atomic E-state index is -0.843. The lowest BCUT2D eigenvalue weighted by atomic mass is 10.1. The molecule has 1 aliphatic rings. The van der Waals surface area contributed by atoms with E-state index >= 15 is 0 Å². The summed E-state index contributed by atoms with van der Waals surface area (Å²) < 4.78 is 16.3. The lowest BCUT2D eigenvalue weighted by Crippen LogP contribution is -2.40. The summed E-state index contributed by atoms with van der Waals surface area (Å²) in [5.41, 5.74) is 1.24. The molecule has 1 aromatic carbocycles. The first-order valence-electron chi connectivity index (χ1n) is 9.11. The molecule has 1 amide bonds. The highest BCUT2D eigenvalue weighted by Gasteiger charge is 2.28. The van der Waals surface area contributed by atoms with Gasteiger partial charge >= 0.3 is 5.97 Å². The van der Waals surface area contributed by atoms with Gasteiger partial charge in [-0.1, -0.05) is 31.0 Å². The van der Waals surface area contributed by atoms with Crippen LogP contribution in [0.15, 0.2) is 28.7 Å². The van der Waals surface area contributed by atoms with E-state index < -0.39 is 12.1 Å². The minimum Gasteiger partial charge on any atom is -0.449 e. The number of esters is 1. The number of nitrogens with zero attached hydrogens (tertiary/aromatic N) is 1. The van der Waals surface area contributed by atoms with Crippen LogP contribution in [0.1, 0.15) is 48.7 Å². The van der Waals surface area contributed by atoms with E-state index in [-0.39, 0.29) is 18.3 Å². The third kappa shape index (κ3) is 3.90. The van der Waals surface area contributed by atoms with E-state index in [1.165, 1.54) is 0 Å². The van der Waals surface area contributed by atoms with E-state index in [0.29, 0.717) is 11.1 Å². The summed E-state index contributed by atoms with van der Waals surface area (Å²) in [6.45, 7) is 3.29. The van der Waals surface area contributed by atoms with E-state index in [9.17, 15) is 9.59 Å². The van der Waals surface area contributed by atoms with E-state index in [0.717, 1.165) is 44.2 Å². The predicted octanol–water partition coefficient (Wildman–Crippen LogP) is 3.53. The van der Waals surface area contributed by atoms with Gasteiger partial charge in [0.2, 0.25) is 5.76 Å². The van der Waals surface area contributed by atoms with Crippen LogP contribution in [0.5, 0.6) is 0 Å². The van der Waals surface area contributed by atoms with Gasteiger partial charge in [-0.3, -0.25) is 4.79 Å². The molecule has 6 nitrogen and oxygen atoms in total. The molecule has 1 atom stereocenters. The molecule has 0 N–H and O–H groups in total. The fourth-order valence-electron chi connectivity index (χ4n) is 3.36. The fraction of sp³-hybridized carbons (Fsp3) is 0.500. The van der Waals surface area contributed by atoms with Gasteiger partial charge in [0.1, 0.15) is 5.58 Å². The maximum atomic E-state index is 12.6. The smallest absolute Gasteiger partial charge is 0.375 e. The van der Waals surface area contributed by atoms with Crippen LogP contribution in [0.25, 0.3) is 11.0 Å². The zero-order chi connectivity index (χ0) is 18.5. The van der Waals surface area contributed by atoms with Crippen molar-refractivity contribution in [3.63, 3.8) is 0 Å². The maximum Gasteiger partial charge on any atom is 0.375 e. The molecule has 1 fully saturated rings. The summed E-state index contributed by atoms with van der Waals surface area (Å²) >= 11 is 0. The SMILES string of the molecule is COCc1c(C(=O)O[C@H](C)C(=O)N2CCCCCC2)oc2ccccc12. The van der Waals surface area contributed by atoms with Crippen LogP contribution in [0.2, 0.25) is 0 Å². The third-order valence-corrected chi connectivity index (χ3v) is 4.72. The largest absolute Gasteiger partial charge is 0.449 e. The van der Waals surface area contributed by atoms with Crippen molar-refractivity contribution in [1.29, 1.82) is 0 Å². The van der Waals surface area contributed by atoms with Gasteiger partial charge in [-0.25, -0.2) is 4.79 Å². The summed E-state index contributed by atoms with van der Waals surface area (Å²) in [7, 11) is 1.56. The molecule has 0 saturated carbocycles. The molecule has 0 bridgehead atoms. The maximum absolute atomic E-state index is 12.6. The van der Waals surface area contributed by atoms with Crippen LogP contribution in [-0.2, 0) is 20.9 Å². The number of para-hydroxylation sites is 1. The fourth-order valence-corrected chi connectivity index (χ4v) is 3.36. The Morgan fingerprint density at radius 3 is 2.54 bits per heavy atom. The summed E-state index contributed by atoms with van der Waals surface area (Å²) in [6.07, 6.45) is 3.42. The van der Waals surface area contributed by atoms with Gasteiger partial charge in [0, 0.05) is 31.1 Å². The minimum absolute atomic E-state index is 0.101. The first kappa shape index (κ1) is 18.5. The first-order valence-corrected chi connectivity index (χ1v) is 9.11. The Morgan fingerprint density at radius 2 is 1.85 bits per heavy atom. The second-order valence-corrected chi connectivity index (χ2v) is 6.63. The molecule has 2 aromatic rings. The number of rotatable bonds is 5. The second kappa shape index (κ2) is 8.36. The van der Waals surface area contributed by atoms with Crippen molar-refractivity contribution < 1.29 is 23.5 Å². The molecular weight excluding hydrogens is 334 g/mol. The monoisotopic (exact) mass is 359 g/mol. The zero-order valence-corrected chi connectivity index (χ0v) is 15.3. The Labute approximate surface area is 153 Å². The summed E-state index contributed by atoms with van der Waals surface area (Å²) in [6, 6.07) is 7.37. The predicted molar refractivity (Wildman–Crippen MR) is 96.9 cm³/mol. The first-order chi connectivity index (χ1) is 12.6. The van der Waals surface area contributed by atoms with Crippen molar-refractivity contribution in [2.45, 2.75) is 45.3 Å². The van der Waals surface area contributed by atoms with E-state index in [4.69, 9.17) is 13.9 Å². The molecule has 140 valence electrons. The highest BCUT2D eigenvalue weighted by atomic mass is 16.6. The van der Waals surface area contributed by atoms with Crippen molar-refractivity contribution in [2.24, 2.45) is 0 Å². The Hall–Kier alpha value is -2.34. The van der Waals surface area contributed by atoms with E-state index in [2.05, 4.69) is 0 Å². The van der Waals surface area contributed by atoms with Crippen LogP contribution in [0.4, 0.5) is 0 Å². The van der Waals surface area contributed by atoms with Gasteiger partial charge in [-0.05, 0) is 25.8 Å². The highest BCUT2D eigenvalue weighted by Crippen LogP contribution is 2.27. The zero-order valence-electron chi connectivity index (χ0n) is 15.3. The van der Waals surface area contributed by atoms with Gasteiger partial charge in [0.25, 0.3) is 5.91 Å². The second-order valence-electron chi connectivity index (χ2n) is 6.63. The molecule has 1 saturated heterocycles. The summed E-state index contributed by atoms with van der Waals surface area (Å²) in [5, 5.41) is 0.813. The van der Waals surface area contributed by atoms with Crippen molar-refractivity contribution in [2.75, 3.05) is 20.2 Å². The third-order valence-electron chi connectivity index (χ3n) is 4.72. The molecule has 2 heterocycles. The van der Waals surface area contributed by atoms with Crippen molar-refractivity contribution in [3.8, 4) is 0 Å². The molecule has 0 aliphatic carbocycles. The number of hydrogen-bond donors (Lipinski definition) is 0. The molecule has 0 radical (unpaired) electrons. The molecule has 0 unspecified atom stereocenters. The van der Waals surface area contributed by atoms with Crippen LogP contribution >= 0.6 is 0 Å². The van der Waals surface area contributed by atoms with E-state index in [1.807, 2.05) is 18.2 Å². The van der Waals surface area contributed by atoms with Crippen LogP contribution < -0.4 is 0 Å². The lowest BCUT2D eigenvalue weighted by Gasteiger charge is -2.23. The lowest BCUT2D eigenvalue weighted by molar-refractivity contribution is -0.139. The summed E-state index contributed by atoms with van der Waals surface area (Å²) in [5.74, 6) is -0.683. The molecule has 6 heteroatoms. The Bertz CT molecular complexity index is 774. The normalized spacial score (nSPS) is 16.3. The number of ether oxygens (including phenoxy) is 2. The van der Waals surface area contributed by atoms with Crippen LogP contribution in [-0.4, -0.2) is 43.1 Å². The highest BCUT2D eigenvalue weighted by molar-refractivity contribution is 5.97. The van der Waals surface area contributed by atoms with Crippen LogP contribution in [0.3, 0.4) is 0 Å². The van der Waals surface area contributed by atoms with Crippen molar-refractivity contribution in [1.82, 2.24) is 4.90 Å². The number of carbonyl (C=O) groups is 2. The number of benzene rings is 1. The molecule has 3 rings (SSSR count). The van der Waals surface area contributed by atoms with Crippen LogP contribution in [0, 0.1) is 0 Å². The Kier molecular flexibility index (Phi) is 5.93. The molecule has 1 aromatic heterocycles. The van der Waals surface area contributed by atoms with Crippen molar-refractivity contribution in [3.05, 3.63) is 35.6 Å². The van der Waals surface area contributed by atoms with Gasteiger partial charge in [-0.2, -0.15) is 0 Å². The average molecular weight is 359 g/mol. The number of fused-ring (bicyclic) bond motifs is 1. The van der Waals surface area contributed by atoms with E-state index in [1.54, 1.807) is 25.0 Å². The number of hydrogen-bond acceptors (Lipinski definition) is 5. The number of amides is 1. The molecular formula is C20H25NO5. The number of furan rings is 1. The van der Waals surface area contributed by atoms with Gasteiger partial charge in [0.05, 0.1) is 6.61 Å². The average Bonchev–Trinajstić information content (AvgIpc) is 2.82. The quantitative estimate of drug-likeness (QED) is 0.764. The number of carbonyl (C=O) groups excluding carboxylic acids is 2. The van der Waals surface area contributed by atoms with Gasteiger partial charge in [-0.15, -0.1) is 0 Å². The molecule has 0 spiro atoms.